The van der Waals surface area contributed by atoms with Crippen molar-refractivity contribution < 1.29 is 4.74 Å². The van der Waals surface area contributed by atoms with Gasteiger partial charge in [0.05, 0.1) is 7.11 Å². The van der Waals surface area contributed by atoms with Crippen molar-refractivity contribution in [1.82, 2.24) is 0 Å². The molecule has 3 nitrogen and oxygen atoms in total. The van der Waals surface area contributed by atoms with Gasteiger partial charge in [0.25, 0.3) is 0 Å². The summed E-state index contributed by atoms with van der Waals surface area (Å²) in [4.78, 5) is 0. The molecule has 18 heavy (non-hydrogen) atoms. The molecule has 0 saturated heterocycles. The minimum Gasteiger partial charge on any atom is -0.496 e. The van der Waals surface area contributed by atoms with Crippen LogP contribution in [0.3, 0.4) is 0 Å². The summed E-state index contributed by atoms with van der Waals surface area (Å²) in [5.74, 6) is 1.32. The number of hydrogen-bond donors (Lipinski definition) is 2. The Hall–Kier alpha value is -1.06. The van der Waals surface area contributed by atoms with Crippen molar-refractivity contribution in [2.75, 3.05) is 7.11 Å². The highest BCUT2D eigenvalue weighted by atomic mass is 16.5. The van der Waals surface area contributed by atoms with E-state index >= 15 is 0 Å². The highest BCUT2D eigenvalue weighted by Gasteiger charge is 2.25. The molecule has 1 aromatic rings. The standard InChI is InChI=1S/C15H26N2O/c1-9(2)11-8-12(14(16)15(4,5)17)10(3)7-13(11)18-6/h7-9,14H,16-17H2,1-6H3. The smallest absolute Gasteiger partial charge is 0.122 e. The van der Waals surface area contributed by atoms with E-state index in [2.05, 4.69) is 26.0 Å². The van der Waals surface area contributed by atoms with Gasteiger partial charge in [-0.25, -0.2) is 0 Å². The monoisotopic (exact) mass is 250 g/mol. The molecule has 1 rings (SSSR count). The van der Waals surface area contributed by atoms with Gasteiger partial charge in [0.15, 0.2) is 0 Å². The third-order valence-corrected chi connectivity index (χ3v) is 3.38. The van der Waals surface area contributed by atoms with Gasteiger partial charge >= 0.3 is 0 Å². The van der Waals surface area contributed by atoms with Crippen LogP contribution in [-0.4, -0.2) is 12.6 Å². The summed E-state index contributed by atoms with van der Waals surface area (Å²) in [7, 11) is 1.70. The van der Waals surface area contributed by atoms with Crippen LogP contribution in [0.4, 0.5) is 0 Å². The summed E-state index contributed by atoms with van der Waals surface area (Å²) in [5, 5.41) is 0. The molecular formula is C15H26N2O. The van der Waals surface area contributed by atoms with Crippen molar-refractivity contribution in [2.24, 2.45) is 11.5 Å². The van der Waals surface area contributed by atoms with Gasteiger partial charge < -0.3 is 16.2 Å². The molecule has 0 bridgehead atoms. The van der Waals surface area contributed by atoms with E-state index in [1.165, 1.54) is 5.56 Å². The van der Waals surface area contributed by atoms with Gasteiger partial charge in [-0.15, -0.1) is 0 Å². The fourth-order valence-corrected chi connectivity index (χ4v) is 2.08. The third kappa shape index (κ3) is 3.03. The Morgan fingerprint density at radius 1 is 1.17 bits per heavy atom. The van der Waals surface area contributed by atoms with Crippen molar-refractivity contribution in [3.63, 3.8) is 0 Å². The maximum Gasteiger partial charge on any atom is 0.122 e. The first kappa shape index (κ1) is 15.0. The first-order valence-electron chi connectivity index (χ1n) is 6.41. The fraction of sp³-hybridized carbons (Fsp3) is 0.600. The number of ether oxygens (including phenoxy) is 1. The maximum absolute atomic E-state index is 6.27. The van der Waals surface area contributed by atoms with Gasteiger partial charge in [-0.1, -0.05) is 13.8 Å². The number of methoxy groups -OCH3 is 1. The predicted octanol–water partition coefficient (Wildman–Crippen LogP) is 2.86. The van der Waals surface area contributed by atoms with Crippen molar-refractivity contribution in [1.29, 1.82) is 0 Å². The number of rotatable bonds is 4. The van der Waals surface area contributed by atoms with E-state index in [4.69, 9.17) is 16.2 Å². The molecule has 1 unspecified atom stereocenters. The molecule has 0 heterocycles. The normalized spacial score (nSPS) is 13.8. The highest BCUT2D eigenvalue weighted by molar-refractivity contribution is 5.45. The summed E-state index contributed by atoms with van der Waals surface area (Å²) in [6.07, 6.45) is 0. The van der Waals surface area contributed by atoms with Gasteiger partial charge in [-0.2, -0.15) is 0 Å². The summed E-state index contributed by atoms with van der Waals surface area (Å²) in [5.41, 5.74) is 15.4. The second-order valence-electron chi connectivity index (χ2n) is 5.90. The van der Waals surface area contributed by atoms with Crippen molar-refractivity contribution in [2.45, 2.75) is 52.1 Å². The Kier molecular flexibility index (Phi) is 4.41. The lowest BCUT2D eigenvalue weighted by molar-refractivity contribution is 0.402. The van der Waals surface area contributed by atoms with E-state index in [1.54, 1.807) is 7.11 Å². The summed E-state index contributed by atoms with van der Waals surface area (Å²) in [6, 6.07) is 4.01. The van der Waals surface area contributed by atoms with Crippen LogP contribution in [0.5, 0.6) is 5.75 Å². The van der Waals surface area contributed by atoms with E-state index in [-0.39, 0.29) is 6.04 Å². The SMILES string of the molecule is COc1cc(C)c(C(N)C(C)(C)N)cc1C(C)C. The third-order valence-electron chi connectivity index (χ3n) is 3.38. The van der Waals surface area contributed by atoms with Crippen LogP contribution in [0.15, 0.2) is 12.1 Å². The minimum atomic E-state index is -0.437. The Balaban J connectivity index is 3.34. The van der Waals surface area contributed by atoms with Crippen molar-refractivity contribution >= 4 is 0 Å². The molecule has 0 fully saturated rings. The lowest BCUT2D eigenvalue weighted by Crippen LogP contribution is -2.44. The molecule has 0 saturated carbocycles. The number of hydrogen-bond acceptors (Lipinski definition) is 3. The molecule has 3 heteroatoms. The summed E-state index contributed by atoms with van der Waals surface area (Å²) in [6.45, 7) is 10.3. The zero-order chi connectivity index (χ0) is 14.1. The topological polar surface area (TPSA) is 61.3 Å². The first-order valence-corrected chi connectivity index (χ1v) is 6.41. The summed E-state index contributed by atoms with van der Waals surface area (Å²) < 4.78 is 5.44. The van der Waals surface area contributed by atoms with E-state index in [0.29, 0.717) is 5.92 Å². The number of aryl methyl sites for hydroxylation is 1. The average Bonchev–Trinajstić information content (AvgIpc) is 2.25. The Labute approximate surface area is 111 Å². The van der Waals surface area contributed by atoms with Crippen LogP contribution in [-0.2, 0) is 0 Å². The van der Waals surface area contributed by atoms with Crippen LogP contribution in [0.2, 0.25) is 0 Å². The molecule has 0 aliphatic rings. The van der Waals surface area contributed by atoms with Crippen molar-refractivity contribution in [3.05, 3.63) is 28.8 Å². The number of benzene rings is 1. The molecule has 1 atom stereocenters. The molecule has 4 N–H and O–H groups in total. The van der Waals surface area contributed by atoms with Crippen molar-refractivity contribution in [3.8, 4) is 5.75 Å². The minimum absolute atomic E-state index is 0.180. The molecule has 0 radical (unpaired) electrons. The second-order valence-corrected chi connectivity index (χ2v) is 5.90. The fourth-order valence-electron chi connectivity index (χ4n) is 2.08. The first-order chi connectivity index (χ1) is 8.18. The van der Waals surface area contributed by atoms with Gasteiger partial charge in [0.1, 0.15) is 5.75 Å². The van der Waals surface area contributed by atoms with E-state index < -0.39 is 5.54 Å². The largest absolute Gasteiger partial charge is 0.496 e. The lowest BCUT2D eigenvalue weighted by atomic mass is 9.85. The van der Waals surface area contributed by atoms with Crippen LogP contribution >= 0.6 is 0 Å². The average molecular weight is 250 g/mol. The Morgan fingerprint density at radius 2 is 1.72 bits per heavy atom. The molecule has 0 amide bonds. The molecular weight excluding hydrogens is 224 g/mol. The molecule has 0 aromatic heterocycles. The quantitative estimate of drug-likeness (QED) is 0.863. The van der Waals surface area contributed by atoms with Gasteiger partial charge in [0, 0.05) is 11.6 Å². The van der Waals surface area contributed by atoms with Gasteiger partial charge in [0.2, 0.25) is 0 Å². The van der Waals surface area contributed by atoms with Crippen LogP contribution in [0.1, 0.15) is 56.3 Å². The van der Waals surface area contributed by atoms with Crippen LogP contribution in [0, 0.1) is 6.92 Å². The van der Waals surface area contributed by atoms with E-state index in [9.17, 15) is 0 Å². The van der Waals surface area contributed by atoms with Crippen LogP contribution < -0.4 is 16.2 Å². The zero-order valence-corrected chi connectivity index (χ0v) is 12.4. The highest BCUT2D eigenvalue weighted by Crippen LogP contribution is 2.33. The predicted molar refractivity (Wildman–Crippen MR) is 77.0 cm³/mol. The summed E-state index contributed by atoms with van der Waals surface area (Å²) >= 11 is 0. The van der Waals surface area contributed by atoms with E-state index in [0.717, 1.165) is 16.9 Å². The molecule has 0 aliphatic heterocycles. The Morgan fingerprint density at radius 3 is 2.11 bits per heavy atom. The second kappa shape index (κ2) is 5.29. The van der Waals surface area contributed by atoms with Gasteiger partial charge in [-0.3, -0.25) is 0 Å². The maximum atomic E-state index is 6.27. The van der Waals surface area contributed by atoms with Crippen LogP contribution in [0.25, 0.3) is 0 Å². The zero-order valence-electron chi connectivity index (χ0n) is 12.4. The number of nitrogens with two attached hydrogens (primary N) is 2. The molecule has 102 valence electrons. The van der Waals surface area contributed by atoms with Gasteiger partial charge in [-0.05, 0) is 55.5 Å². The lowest BCUT2D eigenvalue weighted by Gasteiger charge is -2.29. The Bertz CT molecular complexity index is 419. The molecule has 0 aliphatic carbocycles. The van der Waals surface area contributed by atoms with E-state index in [1.807, 2.05) is 20.8 Å². The molecule has 0 spiro atoms. The molecule has 1 aromatic carbocycles.